The number of ketones is 1. The summed E-state index contributed by atoms with van der Waals surface area (Å²) in [5.74, 6) is 0.881. The molecule has 0 aliphatic rings. The van der Waals surface area contributed by atoms with Gasteiger partial charge in [-0.05, 0) is 29.8 Å². The van der Waals surface area contributed by atoms with E-state index >= 15 is 0 Å². The Kier molecular flexibility index (Phi) is 5.10. The first-order valence-electron chi connectivity index (χ1n) is 6.25. The van der Waals surface area contributed by atoms with E-state index in [1.165, 1.54) is 14.2 Å². The molecule has 3 nitrogen and oxygen atoms in total. The molecule has 0 unspecified atom stereocenters. The third kappa shape index (κ3) is 3.49. The van der Waals surface area contributed by atoms with Gasteiger partial charge >= 0.3 is 0 Å². The average Bonchev–Trinajstić information content (AvgIpc) is 2.49. The molecule has 0 aliphatic carbocycles. The summed E-state index contributed by atoms with van der Waals surface area (Å²) in [6.45, 7) is 0. The molecule has 0 saturated carbocycles. The lowest BCUT2D eigenvalue weighted by atomic mass is 10.0. The van der Waals surface area contributed by atoms with E-state index in [-0.39, 0.29) is 12.2 Å². The van der Waals surface area contributed by atoms with Gasteiger partial charge in [0.1, 0.15) is 0 Å². The molecule has 0 aliphatic heterocycles. The van der Waals surface area contributed by atoms with E-state index in [9.17, 15) is 4.79 Å². The maximum atomic E-state index is 12.4. The van der Waals surface area contributed by atoms with Gasteiger partial charge in [0.25, 0.3) is 0 Å². The molecule has 0 aromatic heterocycles. The van der Waals surface area contributed by atoms with Crippen molar-refractivity contribution in [3.8, 4) is 11.5 Å². The van der Waals surface area contributed by atoms with Crippen molar-refractivity contribution in [3.63, 3.8) is 0 Å². The topological polar surface area (TPSA) is 35.5 Å². The van der Waals surface area contributed by atoms with Crippen LogP contribution in [0.15, 0.2) is 36.4 Å². The molecule has 0 heterocycles. The van der Waals surface area contributed by atoms with Gasteiger partial charge in [-0.3, -0.25) is 4.79 Å². The lowest BCUT2D eigenvalue weighted by Crippen LogP contribution is -2.06. The molecule has 0 fully saturated rings. The number of benzene rings is 2. The van der Waals surface area contributed by atoms with E-state index in [1.807, 2.05) is 0 Å². The second-order valence-electron chi connectivity index (χ2n) is 4.39. The van der Waals surface area contributed by atoms with Crippen LogP contribution in [-0.2, 0) is 6.42 Å². The number of ether oxygens (including phenoxy) is 2. The molecular formula is C16H14Cl2O3. The van der Waals surface area contributed by atoms with Crippen LogP contribution in [0.2, 0.25) is 10.0 Å². The molecular weight excluding hydrogens is 311 g/mol. The largest absolute Gasteiger partial charge is 0.493 e. The number of rotatable bonds is 5. The number of hydrogen-bond acceptors (Lipinski definition) is 3. The van der Waals surface area contributed by atoms with Gasteiger partial charge in [-0.1, -0.05) is 35.3 Å². The van der Waals surface area contributed by atoms with Gasteiger partial charge in [0.15, 0.2) is 17.3 Å². The summed E-state index contributed by atoms with van der Waals surface area (Å²) in [4.78, 5) is 12.4. The van der Waals surface area contributed by atoms with E-state index < -0.39 is 0 Å². The number of methoxy groups -OCH3 is 2. The molecule has 2 rings (SSSR count). The SMILES string of the molecule is COc1cccc(C(=O)Cc2ccc(Cl)c(Cl)c2)c1OC. The highest BCUT2D eigenvalue weighted by molar-refractivity contribution is 6.42. The minimum Gasteiger partial charge on any atom is -0.493 e. The minimum atomic E-state index is -0.0795. The van der Waals surface area contributed by atoms with Gasteiger partial charge in [-0.25, -0.2) is 0 Å². The van der Waals surface area contributed by atoms with Crippen molar-refractivity contribution >= 4 is 29.0 Å². The first-order chi connectivity index (χ1) is 10.1. The highest BCUT2D eigenvalue weighted by Gasteiger charge is 2.17. The van der Waals surface area contributed by atoms with Gasteiger partial charge in [0.05, 0.1) is 29.8 Å². The van der Waals surface area contributed by atoms with Gasteiger partial charge < -0.3 is 9.47 Å². The Bertz CT molecular complexity index is 669. The van der Waals surface area contributed by atoms with E-state index in [1.54, 1.807) is 36.4 Å². The third-order valence-corrected chi connectivity index (χ3v) is 3.79. The third-order valence-electron chi connectivity index (χ3n) is 3.05. The highest BCUT2D eigenvalue weighted by atomic mass is 35.5. The Morgan fingerprint density at radius 2 is 1.81 bits per heavy atom. The Labute approximate surface area is 133 Å². The fourth-order valence-corrected chi connectivity index (χ4v) is 2.36. The lowest BCUT2D eigenvalue weighted by molar-refractivity contribution is 0.0989. The van der Waals surface area contributed by atoms with Crippen LogP contribution in [0.1, 0.15) is 15.9 Å². The molecule has 0 amide bonds. The number of carbonyl (C=O) groups is 1. The van der Waals surface area contributed by atoms with Crippen LogP contribution in [0, 0.1) is 0 Å². The van der Waals surface area contributed by atoms with Crippen LogP contribution >= 0.6 is 23.2 Å². The van der Waals surface area contributed by atoms with Gasteiger partial charge in [0, 0.05) is 6.42 Å². The molecule has 2 aromatic carbocycles. The maximum Gasteiger partial charge on any atom is 0.171 e. The minimum absolute atomic E-state index is 0.0795. The van der Waals surface area contributed by atoms with E-state index in [0.717, 1.165) is 5.56 Å². The summed E-state index contributed by atoms with van der Waals surface area (Å²) in [6, 6.07) is 10.3. The predicted octanol–water partition coefficient (Wildman–Crippen LogP) is 4.44. The summed E-state index contributed by atoms with van der Waals surface area (Å²) in [6.07, 6.45) is 0.209. The van der Waals surface area contributed by atoms with Crippen molar-refractivity contribution in [2.24, 2.45) is 0 Å². The molecule has 21 heavy (non-hydrogen) atoms. The van der Waals surface area contributed by atoms with Gasteiger partial charge in [0.2, 0.25) is 0 Å². The van der Waals surface area contributed by atoms with Crippen LogP contribution in [-0.4, -0.2) is 20.0 Å². The van der Waals surface area contributed by atoms with E-state index in [2.05, 4.69) is 0 Å². The number of hydrogen-bond donors (Lipinski definition) is 0. The van der Waals surface area contributed by atoms with E-state index in [0.29, 0.717) is 27.1 Å². The average molecular weight is 325 g/mol. The Balaban J connectivity index is 2.30. The summed E-state index contributed by atoms with van der Waals surface area (Å²) in [5, 5.41) is 0.895. The summed E-state index contributed by atoms with van der Waals surface area (Å²) >= 11 is 11.8. The summed E-state index contributed by atoms with van der Waals surface area (Å²) in [7, 11) is 3.04. The van der Waals surface area contributed by atoms with Crippen molar-refractivity contribution in [2.75, 3.05) is 14.2 Å². The van der Waals surface area contributed by atoms with Crippen molar-refractivity contribution in [3.05, 3.63) is 57.6 Å². The van der Waals surface area contributed by atoms with Crippen LogP contribution < -0.4 is 9.47 Å². The van der Waals surface area contributed by atoms with E-state index in [4.69, 9.17) is 32.7 Å². The normalized spacial score (nSPS) is 10.3. The first kappa shape index (κ1) is 15.7. The second-order valence-corrected chi connectivity index (χ2v) is 5.20. The van der Waals surface area contributed by atoms with Gasteiger partial charge in [-0.15, -0.1) is 0 Å². The lowest BCUT2D eigenvalue weighted by Gasteiger charge is -2.12. The van der Waals surface area contributed by atoms with Crippen molar-refractivity contribution in [1.82, 2.24) is 0 Å². The summed E-state index contributed by atoms with van der Waals surface area (Å²) < 4.78 is 10.5. The number of carbonyl (C=O) groups excluding carboxylic acids is 1. The molecule has 5 heteroatoms. The zero-order valence-corrected chi connectivity index (χ0v) is 13.2. The molecule has 0 saturated heterocycles. The molecule has 0 radical (unpaired) electrons. The monoisotopic (exact) mass is 324 g/mol. The first-order valence-corrected chi connectivity index (χ1v) is 7.00. The zero-order valence-electron chi connectivity index (χ0n) is 11.7. The zero-order chi connectivity index (χ0) is 15.4. The molecule has 2 aromatic rings. The molecule has 0 spiro atoms. The fraction of sp³-hybridized carbons (Fsp3) is 0.188. The Hall–Kier alpha value is -1.71. The number of Topliss-reactive ketones (excluding diaryl/α,β-unsaturated/α-hetero) is 1. The quantitative estimate of drug-likeness (QED) is 0.763. The van der Waals surface area contributed by atoms with Crippen molar-refractivity contribution in [2.45, 2.75) is 6.42 Å². The molecule has 0 atom stereocenters. The molecule has 0 bridgehead atoms. The van der Waals surface area contributed by atoms with Crippen molar-refractivity contribution < 1.29 is 14.3 Å². The molecule has 0 N–H and O–H groups in total. The van der Waals surface area contributed by atoms with Crippen LogP contribution in [0.4, 0.5) is 0 Å². The van der Waals surface area contributed by atoms with Crippen LogP contribution in [0.25, 0.3) is 0 Å². The Morgan fingerprint density at radius 3 is 2.43 bits per heavy atom. The number of para-hydroxylation sites is 1. The van der Waals surface area contributed by atoms with Crippen molar-refractivity contribution in [1.29, 1.82) is 0 Å². The number of halogens is 2. The van der Waals surface area contributed by atoms with Gasteiger partial charge in [-0.2, -0.15) is 0 Å². The molecule has 110 valence electrons. The standard InChI is InChI=1S/C16H14Cl2O3/c1-20-15-5-3-4-11(16(15)21-2)14(19)9-10-6-7-12(17)13(18)8-10/h3-8H,9H2,1-2H3. The smallest absolute Gasteiger partial charge is 0.171 e. The fourth-order valence-electron chi connectivity index (χ4n) is 2.04. The summed E-state index contributed by atoms with van der Waals surface area (Å²) in [5.41, 5.74) is 1.27. The maximum absolute atomic E-state index is 12.4. The van der Waals surface area contributed by atoms with Crippen LogP contribution in [0.3, 0.4) is 0 Å². The highest BCUT2D eigenvalue weighted by Crippen LogP contribution is 2.32. The second kappa shape index (κ2) is 6.83. The predicted molar refractivity (Wildman–Crippen MR) is 84.0 cm³/mol. The Morgan fingerprint density at radius 1 is 1.05 bits per heavy atom. The van der Waals surface area contributed by atoms with Crippen LogP contribution in [0.5, 0.6) is 11.5 Å².